The molecule has 8 N–H and O–H groups in total. The average Bonchev–Trinajstić information content (AvgIpc) is 3.16. The highest BCUT2D eigenvalue weighted by Crippen LogP contribution is 2.05. The number of carboxylic acid groups (broad SMARTS) is 1. The fraction of sp³-hybridized carbons (Fsp3) is 0.588. The molecule has 162 valence electrons. The molecule has 12 heteroatoms. The number of hydrogen-bond donors (Lipinski definition) is 7. The Balaban J connectivity index is 2.61. The number of amides is 3. The van der Waals surface area contributed by atoms with Gasteiger partial charge in [0.15, 0.2) is 0 Å². The molecule has 0 saturated heterocycles. The topological polar surface area (TPSA) is 200 Å². The van der Waals surface area contributed by atoms with E-state index in [4.69, 9.17) is 10.8 Å². The predicted octanol–water partition coefficient (Wildman–Crippen LogP) is -2.51. The summed E-state index contributed by atoms with van der Waals surface area (Å²) in [4.78, 5) is 54.1. The van der Waals surface area contributed by atoms with Gasteiger partial charge in [-0.15, -0.1) is 0 Å². The maximum absolute atomic E-state index is 12.4. The van der Waals surface area contributed by atoms with Crippen LogP contribution in [0.1, 0.15) is 26.0 Å². The number of rotatable bonds is 12. The summed E-state index contributed by atoms with van der Waals surface area (Å²) in [5, 5.41) is 25.3. The first-order chi connectivity index (χ1) is 13.6. The molecule has 1 heterocycles. The SMILES string of the molecule is CC(C)CC(NC(=O)C(N)CO)C(=O)NCC(=O)NC(Cc1cnc[nH]1)C(=O)O. The van der Waals surface area contributed by atoms with E-state index in [0.717, 1.165) is 0 Å². The third kappa shape index (κ3) is 8.70. The number of nitrogens with zero attached hydrogens (tertiary/aromatic N) is 1. The molecule has 0 fully saturated rings. The molecule has 1 aromatic rings. The van der Waals surface area contributed by atoms with Gasteiger partial charge < -0.3 is 36.9 Å². The third-order valence-corrected chi connectivity index (χ3v) is 3.91. The molecule has 0 aliphatic carbocycles. The van der Waals surface area contributed by atoms with Crippen LogP contribution in [0.5, 0.6) is 0 Å². The highest BCUT2D eigenvalue weighted by molar-refractivity contribution is 5.92. The normalized spacial score (nSPS) is 14.0. The van der Waals surface area contributed by atoms with Crippen LogP contribution in [0.4, 0.5) is 0 Å². The van der Waals surface area contributed by atoms with Gasteiger partial charge in [-0.2, -0.15) is 0 Å². The van der Waals surface area contributed by atoms with Crippen LogP contribution in [-0.4, -0.2) is 75.1 Å². The molecule has 1 rings (SSSR count). The molecule has 0 aliphatic rings. The smallest absolute Gasteiger partial charge is 0.326 e. The van der Waals surface area contributed by atoms with E-state index in [1.54, 1.807) is 0 Å². The summed E-state index contributed by atoms with van der Waals surface area (Å²) in [6.07, 6.45) is 3.12. The Morgan fingerprint density at radius 2 is 1.86 bits per heavy atom. The first-order valence-electron chi connectivity index (χ1n) is 9.08. The maximum Gasteiger partial charge on any atom is 0.326 e. The number of aliphatic carboxylic acids is 1. The first kappa shape index (κ1) is 24.0. The molecule has 3 unspecified atom stereocenters. The maximum atomic E-state index is 12.4. The zero-order valence-corrected chi connectivity index (χ0v) is 16.3. The summed E-state index contributed by atoms with van der Waals surface area (Å²) in [6, 6.07) is -3.32. The van der Waals surface area contributed by atoms with E-state index in [1.807, 2.05) is 13.8 Å². The van der Waals surface area contributed by atoms with Crippen molar-refractivity contribution in [2.45, 2.75) is 44.8 Å². The lowest BCUT2D eigenvalue weighted by atomic mass is 10.0. The molecule has 1 aromatic heterocycles. The highest BCUT2D eigenvalue weighted by Gasteiger charge is 2.26. The monoisotopic (exact) mass is 412 g/mol. The van der Waals surface area contributed by atoms with E-state index in [1.165, 1.54) is 12.5 Å². The second-order valence-electron chi connectivity index (χ2n) is 6.94. The highest BCUT2D eigenvalue weighted by atomic mass is 16.4. The van der Waals surface area contributed by atoms with Gasteiger partial charge in [-0.25, -0.2) is 9.78 Å². The number of carbonyl (C=O) groups is 4. The number of aromatic amines is 1. The average molecular weight is 412 g/mol. The van der Waals surface area contributed by atoms with Crippen LogP contribution < -0.4 is 21.7 Å². The number of carbonyl (C=O) groups excluding carboxylic acids is 3. The number of aliphatic hydroxyl groups excluding tert-OH is 1. The lowest BCUT2D eigenvalue weighted by Crippen LogP contribution is -2.54. The van der Waals surface area contributed by atoms with Crippen molar-refractivity contribution in [2.24, 2.45) is 11.7 Å². The van der Waals surface area contributed by atoms with Crippen molar-refractivity contribution in [1.29, 1.82) is 0 Å². The summed E-state index contributed by atoms with van der Waals surface area (Å²) >= 11 is 0. The van der Waals surface area contributed by atoms with Gasteiger partial charge in [0.2, 0.25) is 17.7 Å². The van der Waals surface area contributed by atoms with Gasteiger partial charge in [-0.05, 0) is 12.3 Å². The van der Waals surface area contributed by atoms with Crippen LogP contribution in [0, 0.1) is 5.92 Å². The minimum absolute atomic E-state index is 0.0000990. The van der Waals surface area contributed by atoms with Crippen molar-refractivity contribution >= 4 is 23.7 Å². The van der Waals surface area contributed by atoms with Crippen molar-refractivity contribution in [3.05, 3.63) is 18.2 Å². The van der Waals surface area contributed by atoms with Crippen molar-refractivity contribution in [1.82, 2.24) is 25.9 Å². The van der Waals surface area contributed by atoms with Gasteiger partial charge in [-0.3, -0.25) is 14.4 Å². The lowest BCUT2D eigenvalue weighted by molar-refractivity contribution is -0.141. The van der Waals surface area contributed by atoms with E-state index in [0.29, 0.717) is 5.69 Å². The minimum Gasteiger partial charge on any atom is -0.480 e. The quantitative estimate of drug-likeness (QED) is 0.195. The molecule has 0 bridgehead atoms. The number of imidazole rings is 1. The van der Waals surface area contributed by atoms with Crippen molar-refractivity contribution in [3.63, 3.8) is 0 Å². The minimum atomic E-state index is -1.23. The Labute approximate surface area is 167 Å². The Bertz CT molecular complexity index is 693. The number of hydrogen-bond acceptors (Lipinski definition) is 7. The molecule has 12 nitrogen and oxygen atoms in total. The second-order valence-corrected chi connectivity index (χ2v) is 6.94. The molecule has 0 saturated carbocycles. The van der Waals surface area contributed by atoms with E-state index < -0.39 is 55.0 Å². The molecule has 29 heavy (non-hydrogen) atoms. The summed E-state index contributed by atoms with van der Waals surface area (Å²) < 4.78 is 0. The Kier molecular flexibility index (Phi) is 9.75. The number of nitrogens with two attached hydrogens (primary N) is 1. The van der Waals surface area contributed by atoms with Crippen molar-refractivity contribution in [3.8, 4) is 0 Å². The van der Waals surface area contributed by atoms with E-state index in [9.17, 15) is 24.3 Å². The predicted molar refractivity (Wildman–Crippen MR) is 101 cm³/mol. The van der Waals surface area contributed by atoms with Crippen LogP contribution in [0.25, 0.3) is 0 Å². The summed E-state index contributed by atoms with van der Waals surface area (Å²) in [5.41, 5.74) is 5.97. The Morgan fingerprint density at radius 3 is 2.38 bits per heavy atom. The lowest BCUT2D eigenvalue weighted by Gasteiger charge is -2.21. The van der Waals surface area contributed by atoms with Gasteiger partial charge in [0, 0.05) is 18.3 Å². The van der Waals surface area contributed by atoms with Gasteiger partial charge in [0.05, 0.1) is 19.5 Å². The number of H-pyrrole nitrogens is 1. The van der Waals surface area contributed by atoms with E-state index in [-0.39, 0.29) is 18.8 Å². The summed E-state index contributed by atoms with van der Waals surface area (Å²) in [6.45, 7) is 2.65. The van der Waals surface area contributed by atoms with Crippen LogP contribution in [0.15, 0.2) is 12.5 Å². The van der Waals surface area contributed by atoms with Gasteiger partial charge in [-0.1, -0.05) is 13.8 Å². The van der Waals surface area contributed by atoms with Gasteiger partial charge in [0.1, 0.15) is 18.1 Å². The van der Waals surface area contributed by atoms with Gasteiger partial charge in [0.25, 0.3) is 0 Å². The second kappa shape index (κ2) is 11.8. The van der Waals surface area contributed by atoms with E-state index in [2.05, 4.69) is 25.9 Å². The molecule has 0 radical (unpaired) electrons. The zero-order valence-electron chi connectivity index (χ0n) is 16.3. The van der Waals surface area contributed by atoms with Crippen LogP contribution in [0.2, 0.25) is 0 Å². The Morgan fingerprint density at radius 1 is 1.17 bits per heavy atom. The van der Waals surface area contributed by atoms with Crippen LogP contribution in [0.3, 0.4) is 0 Å². The molecule has 0 spiro atoms. The molecule has 0 aromatic carbocycles. The van der Waals surface area contributed by atoms with Gasteiger partial charge >= 0.3 is 5.97 Å². The standard InChI is InChI=1S/C17H28N6O6/c1-9(2)3-12(23-15(26)11(18)7-24)16(27)20-6-14(25)22-13(17(28)29)4-10-5-19-8-21-10/h5,8-9,11-13,24H,3-4,6-7,18H2,1-2H3,(H,19,21)(H,20,27)(H,22,25)(H,23,26)(H,28,29). The fourth-order valence-electron chi connectivity index (χ4n) is 2.42. The zero-order chi connectivity index (χ0) is 22.0. The summed E-state index contributed by atoms with van der Waals surface area (Å²) in [5.74, 6) is -3.19. The number of carboxylic acids is 1. The largest absolute Gasteiger partial charge is 0.480 e. The fourth-order valence-corrected chi connectivity index (χ4v) is 2.42. The van der Waals surface area contributed by atoms with E-state index >= 15 is 0 Å². The van der Waals surface area contributed by atoms with Crippen molar-refractivity contribution < 1.29 is 29.4 Å². The molecule has 3 atom stereocenters. The molecular weight excluding hydrogens is 384 g/mol. The first-order valence-corrected chi connectivity index (χ1v) is 9.08. The van der Waals surface area contributed by atoms with Crippen LogP contribution >= 0.6 is 0 Å². The molecular formula is C17H28N6O6. The Hall–Kier alpha value is -2.99. The third-order valence-electron chi connectivity index (χ3n) is 3.91. The van der Waals surface area contributed by atoms with Crippen molar-refractivity contribution in [2.75, 3.05) is 13.2 Å². The van der Waals surface area contributed by atoms with Crippen LogP contribution in [-0.2, 0) is 25.6 Å². The number of aromatic nitrogens is 2. The molecule has 0 aliphatic heterocycles. The summed E-state index contributed by atoms with van der Waals surface area (Å²) in [7, 11) is 0. The number of aliphatic hydroxyl groups is 1. The number of nitrogens with one attached hydrogen (secondary N) is 4. The molecule has 3 amide bonds.